The third kappa shape index (κ3) is 29.8. The number of ether oxygens (including phenoxy) is 2. The first-order chi connectivity index (χ1) is 29.7. The monoisotopic (exact) mass is 872 g/mol. The van der Waals surface area contributed by atoms with Crippen LogP contribution in [0.15, 0.2) is 12.2 Å². The molecule has 0 aliphatic carbocycles. The minimum absolute atomic E-state index is 0.255. The van der Waals surface area contributed by atoms with Crippen molar-refractivity contribution in [3.8, 4) is 0 Å². The Bertz CT molecular complexity index is 1000. The van der Waals surface area contributed by atoms with E-state index in [2.05, 4.69) is 31.3 Å². The van der Waals surface area contributed by atoms with Gasteiger partial charge in [0.2, 0.25) is 5.91 Å². The van der Waals surface area contributed by atoms with Crippen LogP contribution in [0, 0.1) is 0 Å². The first-order valence-electron chi connectivity index (χ1n) is 25.6. The molecule has 1 saturated heterocycles. The Morgan fingerprint density at radius 1 is 0.557 bits per heavy atom. The largest absolute Gasteiger partial charge is 0.394 e. The Kier molecular flexibility index (Phi) is 38.3. The van der Waals surface area contributed by atoms with Gasteiger partial charge in [0.1, 0.15) is 36.6 Å². The van der Waals surface area contributed by atoms with Gasteiger partial charge in [-0.25, -0.2) is 0 Å². The molecule has 1 amide bonds. The van der Waals surface area contributed by atoms with Crippen molar-refractivity contribution in [1.82, 2.24) is 5.32 Å². The minimum Gasteiger partial charge on any atom is -0.394 e. The van der Waals surface area contributed by atoms with Gasteiger partial charge in [-0.05, 0) is 38.5 Å². The van der Waals surface area contributed by atoms with E-state index in [9.17, 15) is 40.5 Å². The molecule has 9 atom stereocenters. The highest BCUT2D eigenvalue weighted by Crippen LogP contribution is 2.23. The lowest BCUT2D eigenvalue weighted by atomic mass is 9.98. The number of aliphatic hydroxyl groups is 7. The van der Waals surface area contributed by atoms with Gasteiger partial charge in [-0.2, -0.15) is 0 Å². The molecule has 8 N–H and O–H groups in total. The number of nitrogens with one attached hydrogen (secondary N) is 1. The summed E-state index contributed by atoms with van der Waals surface area (Å²) in [5, 5.41) is 75.8. The number of hydrogen-bond donors (Lipinski definition) is 8. The molecular weight excluding hydrogens is 775 g/mol. The summed E-state index contributed by atoms with van der Waals surface area (Å²) in [4.78, 5) is 13.1. The zero-order chi connectivity index (χ0) is 44.8. The lowest BCUT2D eigenvalue weighted by Gasteiger charge is -2.40. The number of carbonyl (C=O) groups is 1. The van der Waals surface area contributed by atoms with Crippen molar-refractivity contribution in [1.29, 1.82) is 0 Å². The summed E-state index contributed by atoms with van der Waals surface area (Å²) in [6.45, 7) is 3.46. The quantitative estimate of drug-likeness (QED) is 0.0217. The summed E-state index contributed by atoms with van der Waals surface area (Å²) in [7, 11) is 0. The third-order valence-corrected chi connectivity index (χ3v) is 12.6. The Balaban J connectivity index is 2.38. The maximum atomic E-state index is 13.1. The summed E-state index contributed by atoms with van der Waals surface area (Å²) in [5.41, 5.74) is 0. The summed E-state index contributed by atoms with van der Waals surface area (Å²) >= 11 is 0. The van der Waals surface area contributed by atoms with E-state index < -0.39 is 74.2 Å². The van der Waals surface area contributed by atoms with Gasteiger partial charge in [0.05, 0.1) is 25.4 Å². The number of allylic oxidation sites excluding steroid dienone is 2. The van der Waals surface area contributed by atoms with Crippen LogP contribution in [0.25, 0.3) is 0 Å². The smallest absolute Gasteiger partial charge is 0.249 e. The number of hydrogen-bond acceptors (Lipinski definition) is 10. The van der Waals surface area contributed by atoms with Gasteiger partial charge in [-0.3, -0.25) is 4.79 Å². The summed E-state index contributed by atoms with van der Waals surface area (Å²) < 4.78 is 11.1. The average Bonchev–Trinajstić information content (AvgIpc) is 3.26. The fourth-order valence-electron chi connectivity index (χ4n) is 8.32. The van der Waals surface area contributed by atoms with E-state index in [1.807, 2.05) is 0 Å². The number of rotatable bonds is 43. The predicted octanol–water partition coefficient (Wildman–Crippen LogP) is 9.23. The van der Waals surface area contributed by atoms with Crippen LogP contribution in [0.2, 0.25) is 0 Å². The van der Waals surface area contributed by atoms with Crippen LogP contribution in [0.3, 0.4) is 0 Å². The van der Waals surface area contributed by atoms with Crippen molar-refractivity contribution in [2.45, 2.75) is 287 Å². The topological polar surface area (TPSA) is 189 Å². The van der Waals surface area contributed by atoms with E-state index in [-0.39, 0.29) is 6.42 Å². The summed E-state index contributed by atoms with van der Waals surface area (Å²) in [6.07, 6.45) is 32.5. The highest BCUT2D eigenvalue weighted by molar-refractivity contribution is 5.80. The average molecular weight is 872 g/mol. The predicted molar refractivity (Wildman–Crippen MR) is 247 cm³/mol. The fraction of sp³-hybridized carbons (Fsp3) is 0.940. The zero-order valence-corrected chi connectivity index (χ0v) is 39.2. The Labute approximate surface area is 372 Å². The molecule has 0 saturated carbocycles. The van der Waals surface area contributed by atoms with E-state index in [1.165, 1.54) is 141 Å². The first kappa shape index (κ1) is 57.9. The molecular formula is C50H97NO10. The van der Waals surface area contributed by atoms with Crippen molar-refractivity contribution in [3.05, 3.63) is 12.2 Å². The molecule has 0 aromatic heterocycles. The van der Waals surface area contributed by atoms with Crippen LogP contribution < -0.4 is 5.32 Å². The normalized spacial score (nSPS) is 21.5. The van der Waals surface area contributed by atoms with Crippen LogP contribution in [-0.4, -0.2) is 110 Å². The van der Waals surface area contributed by atoms with Crippen LogP contribution in [0.4, 0.5) is 0 Å². The summed E-state index contributed by atoms with van der Waals surface area (Å²) in [6, 6.07) is -1.17. The second-order valence-corrected chi connectivity index (χ2v) is 18.2. The Morgan fingerprint density at radius 2 is 0.951 bits per heavy atom. The highest BCUT2D eigenvalue weighted by atomic mass is 16.7. The van der Waals surface area contributed by atoms with Crippen LogP contribution in [0.1, 0.15) is 232 Å². The van der Waals surface area contributed by atoms with E-state index in [0.717, 1.165) is 51.4 Å². The van der Waals surface area contributed by atoms with Gasteiger partial charge in [0.15, 0.2) is 6.29 Å². The summed E-state index contributed by atoms with van der Waals surface area (Å²) in [5.74, 6) is -0.699. The van der Waals surface area contributed by atoms with E-state index in [1.54, 1.807) is 0 Å². The molecule has 362 valence electrons. The number of aliphatic hydroxyl groups excluding tert-OH is 7. The Hall–Kier alpha value is -1.15. The molecule has 1 fully saturated rings. The van der Waals surface area contributed by atoms with Gasteiger partial charge in [0.25, 0.3) is 0 Å². The molecule has 0 spiro atoms. The van der Waals surface area contributed by atoms with E-state index >= 15 is 0 Å². The van der Waals surface area contributed by atoms with Gasteiger partial charge in [-0.1, -0.05) is 206 Å². The standard InChI is InChI=1S/C50H97NO10/c1-3-5-7-9-11-13-15-17-19-20-21-22-23-24-26-28-30-32-34-36-38-43(54)49(59)51-41(40-60-50-48(58)47(57)46(56)44(39-52)61-50)45(55)42(53)37-35-33-31-29-27-25-18-16-14-12-10-8-6-4-2/h22-23,41-48,50,52-58H,3-21,24-40H2,1-2H3,(H,51,59)/b23-22-. The molecule has 1 aliphatic rings. The third-order valence-electron chi connectivity index (χ3n) is 12.6. The first-order valence-corrected chi connectivity index (χ1v) is 25.6. The minimum atomic E-state index is -1.66. The second kappa shape index (κ2) is 40.4. The SMILES string of the molecule is CCCCCCCCCCCC/C=C\CCCCCCCCC(O)C(=O)NC(COC1OC(CO)C(O)C(O)C1O)C(O)C(O)CCCCCCCCCCCCCCCC. The van der Waals surface area contributed by atoms with Gasteiger partial charge < -0.3 is 50.5 Å². The highest BCUT2D eigenvalue weighted by Gasteiger charge is 2.44. The molecule has 0 aromatic carbocycles. The second-order valence-electron chi connectivity index (χ2n) is 18.2. The molecule has 1 heterocycles. The van der Waals surface area contributed by atoms with Crippen molar-refractivity contribution in [2.24, 2.45) is 0 Å². The fourth-order valence-corrected chi connectivity index (χ4v) is 8.32. The number of carbonyl (C=O) groups excluding carboxylic acids is 1. The van der Waals surface area contributed by atoms with Crippen molar-refractivity contribution in [3.63, 3.8) is 0 Å². The van der Waals surface area contributed by atoms with E-state index in [0.29, 0.717) is 19.3 Å². The lowest BCUT2D eigenvalue weighted by Crippen LogP contribution is -2.60. The maximum Gasteiger partial charge on any atom is 0.249 e. The van der Waals surface area contributed by atoms with Crippen molar-refractivity contribution < 1.29 is 50.0 Å². The molecule has 11 nitrogen and oxygen atoms in total. The van der Waals surface area contributed by atoms with Crippen LogP contribution in [0.5, 0.6) is 0 Å². The van der Waals surface area contributed by atoms with Crippen LogP contribution in [-0.2, 0) is 14.3 Å². The molecule has 9 unspecified atom stereocenters. The molecule has 61 heavy (non-hydrogen) atoms. The molecule has 1 rings (SSSR count). The van der Waals surface area contributed by atoms with Crippen molar-refractivity contribution in [2.75, 3.05) is 13.2 Å². The lowest BCUT2D eigenvalue weighted by molar-refractivity contribution is -0.303. The zero-order valence-electron chi connectivity index (χ0n) is 39.2. The Morgan fingerprint density at radius 3 is 1.38 bits per heavy atom. The molecule has 0 bridgehead atoms. The maximum absolute atomic E-state index is 13.1. The van der Waals surface area contributed by atoms with Gasteiger partial charge >= 0.3 is 0 Å². The molecule has 1 aliphatic heterocycles. The van der Waals surface area contributed by atoms with Crippen LogP contribution >= 0.6 is 0 Å². The molecule has 11 heteroatoms. The number of amides is 1. The van der Waals surface area contributed by atoms with Gasteiger partial charge in [0, 0.05) is 0 Å². The molecule has 0 radical (unpaired) electrons. The number of unbranched alkanes of at least 4 members (excludes halogenated alkanes) is 29. The van der Waals surface area contributed by atoms with Gasteiger partial charge in [-0.15, -0.1) is 0 Å². The molecule has 0 aromatic rings. The van der Waals surface area contributed by atoms with E-state index in [4.69, 9.17) is 9.47 Å². The van der Waals surface area contributed by atoms with Crippen molar-refractivity contribution >= 4 is 5.91 Å².